The highest BCUT2D eigenvalue weighted by Gasteiger charge is 1.83. The molecule has 0 nitrogen and oxygen atoms in total. The van der Waals surface area contributed by atoms with Gasteiger partial charge in [0.15, 0.2) is 0 Å². The molecule has 0 saturated heterocycles. The fraction of sp³-hybridized carbons (Fsp3) is 0.600. The van der Waals surface area contributed by atoms with Crippen molar-refractivity contribution in [2.75, 3.05) is 0 Å². The smallest absolute Gasteiger partial charge is 0.0648 e. The first-order chi connectivity index (χ1) is 5.91. The van der Waals surface area contributed by atoms with Crippen LogP contribution in [0.25, 0.3) is 0 Å². The Morgan fingerprint density at radius 1 is 1.08 bits per heavy atom. The zero-order chi connectivity index (χ0) is 9.07. The second-order valence-electron chi connectivity index (χ2n) is 2.74. The van der Waals surface area contributed by atoms with Gasteiger partial charge in [0.2, 0.25) is 0 Å². The Bertz CT molecular complexity index is 112. The van der Waals surface area contributed by atoms with Gasteiger partial charge in [0.1, 0.15) is 0 Å². The van der Waals surface area contributed by atoms with E-state index < -0.39 is 0 Å². The first-order valence-electron chi connectivity index (χ1n) is 4.81. The highest BCUT2D eigenvalue weighted by atomic mass is 32.0. The Kier molecular flexibility index (Phi) is 11.7. The summed E-state index contributed by atoms with van der Waals surface area (Å²) in [4.78, 5) is 0. The minimum absolute atomic E-state index is 0.569. The summed E-state index contributed by atoms with van der Waals surface area (Å²) >= 11 is 0. The van der Waals surface area contributed by atoms with Crippen molar-refractivity contribution < 1.29 is 0 Å². The van der Waals surface area contributed by atoms with Crippen molar-refractivity contribution in [2.45, 2.75) is 39.5 Å². The van der Waals surface area contributed by atoms with Gasteiger partial charge in [-0.3, -0.25) is 0 Å². The summed E-state index contributed by atoms with van der Waals surface area (Å²) in [6.07, 6.45) is 9.73. The predicted octanol–water partition coefficient (Wildman–Crippen LogP) is 4.62. The number of allylic oxidation sites excluding steroid dienone is 2. The van der Waals surface area contributed by atoms with Gasteiger partial charge in [-0.2, -0.15) is 0 Å². The number of hydrogen-bond acceptors (Lipinski definition) is 0. The van der Waals surface area contributed by atoms with Crippen LogP contribution in [0.5, 0.6) is 0 Å². The van der Waals surface area contributed by atoms with E-state index in [1.54, 1.807) is 0 Å². The molecule has 2 heteroatoms. The number of rotatable bonds is 7. The van der Waals surface area contributed by atoms with Gasteiger partial charge < -0.3 is 0 Å². The monoisotopic (exact) mass is 203 g/mol. The van der Waals surface area contributed by atoms with Crippen molar-refractivity contribution in [1.29, 1.82) is 0 Å². The van der Waals surface area contributed by atoms with E-state index >= 15 is 0 Å². The lowest BCUT2D eigenvalue weighted by molar-refractivity contribution is 0.960. The summed E-state index contributed by atoms with van der Waals surface area (Å²) < 4.78 is 0. The van der Waals surface area contributed by atoms with Gasteiger partial charge in [-0.1, -0.05) is 32.8 Å². The molecule has 2 atom stereocenters. The molecule has 0 aromatic heterocycles. The van der Waals surface area contributed by atoms with Crippen molar-refractivity contribution >= 4 is 16.5 Å². The predicted molar refractivity (Wildman–Crippen MR) is 66.1 cm³/mol. The molecule has 70 valence electrons. The highest BCUT2D eigenvalue weighted by molar-refractivity contribution is 8.14. The molecule has 0 aromatic rings. The molecule has 0 N–H and O–H groups in total. The van der Waals surface area contributed by atoms with E-state index in [1.165, 1.54) is 25.7 Å². The number of hydrogen-bond donors (Lipinski definition) is 0. The fourth-order valence-electron chi connectivity index (χ4n) is 0.760. The van der Waals surface area contributed by atoms with E-state index in [-0.39, 0.29) is 0 Å². The summed E-state index contributed by atoms with van der Waals surface area (Å²) in [6, 6.07) is 0. The molecule has 0 radical (unpaired) electrons. The van der Waals surface area contributed by atoms with Crippen molar-refractivity contribution in [3.63, 3.8) is 0 Å². The summed E-state index contributed by atoms with van der Waals surface area (Å²) in [6.45, 7) is 4.45. The zero-order valence-electron chi connectivity index (χ0n) is 8.22. The molecule has 0 spiro atoms. The standard InChI is InChI=1S/C10H20P2/c1-3-5-7-9-11-12-10-8-6-4-2/h7-12H,3-6H2,1-2H3/p+1/b9-7+,10-8+. The summed E-state index contributed by atoms with van der Waals surface area (Å²) in [5.41, 5.74) is 0. The van der Waals surface area contributed by atoms with Crippen LogP contribution in [0.2, 0.25) is 0 Å². The van der Waals surface area contributed by atoms with Crippen LogP contribution in [0, 0.1) is 0 Å². The summed E-state index contributed by atoms with van der Waals surface area (Å²) in [5, 5.41) is 0. The molecular formula is C10H21P2+. The van der Waals surface area contributed by atoms with Crippen LogP contribution < -0.4 is 0 Å². The van der Waals surface area contributed by atoms with Gasteiger partial charge in [-0.15, -0.1) is 0 Å². The normalized spacial score (nSPS) is 13.8. The fourth-order valence-corrected chi connectivity index (χ4v) is 3.10. The van der Waals surface area contributed by atoms with Gasteiger partial charge in [-0.05, 0) is 24.7 Å². The maximum atomic E-state index is 2.39. The van der Waals surface area contributed by atoms with Crippen LogP contribution in [0.1, 0.15) is 39.5 Å². The first kappa shape index (κ1) is 12.3. The summed E-state index contributed by atoms with van der Waals surface area (Å²) in [7, 11) is 1.64. The summed E-state index contributed by atoms with van der Waals surface area (Å²) in [5.74, 6) is 4.74. The van der Waals surface area contributed by atoms with E-state index in [1.807, 2.05) is 0 Å². The third kappa shape index (κ3) is 10.3. The second-order valence-corrected chi connectivity index (χ2v) is 6.13. The van der Waals surface area contributed by atoms with E-state index in [0.29, 0.717) is 8.27 Å². The van der Waals surface area contributed by atoms with E-state index in [9.17, 15) is 0 Å². The molecule has 0 bridgehead atoms. The van der Waals surface area contributed by atoms with Gasteiger partial charge in [0.05, 0.1) is 14.1 Å². The Hall–Kier alpha value is 0.340. The maximum Gasteiger partial charge on any atom is 0.0648 e. The molecule has 0 aromatic carbocycles. The van der Waals surface area contributed by atoms with Crippen molar-refractivity contribution in [3.05, 3.63) is 23.8 Å². The maximum absolute atomic E-state index is 2.39. The first-order valence-corrected chi connectivity index (χ1v) is 8.36. The Labute approximate surface area is 80.4 Å². The van der Waals surface area contributed by atoms with Crippen LogP contribution in [-0.4, -0.2) is 0 Å². The van der Waals surface area contributed by atoms with Crippen LogP contribution in [-0.2, 0) is 0 Å². The van der Waals surface area contributed by atoms with Crippen LogP contribution in [0.4, 0.5) is 0 Å². The van der Waals surface area contributed by atoms with Gasteiger partial charge >= 0.3 is 0 Å². The molecular weight excluding hydrogens is 182 g/mol. The quantitative estimate of drug-likeness (QED) is 0.418. The van der Waals surface area contributed by atoms with Crippen LogP contribution in [0.15, 0.2) is 23.8 Å². The average Bonchev–Trinajstić information content (AvgIpc) is 2.10. The SMILES string of the molecule is CCC/C=C/P[PH2+]/C=C/CCC. The minimum Gasteiger partial charge on any atom is -0.0809 e. The lowest BCUT2D eigenvalue weighted by Crippen LogP contribution is -1.56. The van der Waals surface area contributed by atoms with Gasteiger partial charge in [0, 0.05) is 8.27 Å². The molecule has 0 saturated carbocycles. The van der Waals surface area contributed by atoms with Crippen molar-refractivity contribution in [2.24, 2.45) is 0 Å². The lowest BCUT2D eigenvalue weighted by Gasteiger charge is -1.83. The van der Waals surface area contributed by atoms with Crippen molar-refractivity contribution in [1.82, 2.24) is 0 Å². The van der Waals surface area contributed by atoms with Crippen molar-refractivity contribution in [3.8, 4) is 0 Å². The minimum atomic E-state index is 0.569. The molecule has 12 heavy (non-hydrogen) atoms. The average molecular weight is 203 g/mol. The number of unbranched alkanes of at least 4 members (excludes halogenated alkanes) is 2. The molecule has 0 aliphatic carbocycles. The third-order valence-electron chi connectivity index (χ3n) is 1.45. The Morgan fingerprint density at radius 2 is 1.75 bits per heavy atom. The third-order valence-corrected chi connectivity index (χ3v) is 4.27. The highest BCUT2D eigenvalue weighted by Crippen LogP contribution is 2.39. The topological polar surface area (TPSA) is 0 Å². The molecule has 0 heterocycles. The molecule has 0 amide bonds. The molecule has 0 fully saturated rings. The molecule has 0 rings (SSSR count). The van der Waals surface area contributed by atoms with Crippen LogP contribution >= 0.6 is 16.5 Å². The van der Waals surface area contributed by atoms with E-state index in [0.717, 1.165) is 8.27 Å². The molecule has 0 aliphatic heterocycles. The van der Waals surface area contributed by atoms with Crippen LogP contribution in [0.3, 0.4) is 0 Å². The second kappa shape index (κ2) is 11.3. The van der Waals surface area contributed by atoms with E-state index in [4.69, 9.17) is 0 Å². The van der Waals surface area contributed by atoms with Gasteiger partial charge in [0.25, 0.3) is 0 Å². The molecule has 0 aliphatic rings. The largest absolute Gasteiger partial charge is 0.0809 e. The molecule has 2 unspecified atom stereocenters. The Balaban J connectivity index is 3.09. The zero-order valence-corrected chi connectivity index (χ0v) is 10.4. The lowest BCUT2D eigenvalue weighted by atomic mass is 10.3. The van der Waals surface area contributed by atoms with E-state index in [2.05, 4.69) is 37.6 Å². The Morgan fingerprint density at radius 3 is 2.42 bits per heavy atom. The van der Waals surface area contributed by atoms with Gasteiger partial charge in [-0.25, -0.2) is 0 Å².